The molecule has 0 fully saturated rings. The fraction of sp³-hybridized carbons (Fsp3) is 0.143. The van der Waals surface area contributed by atoms with Crippen LogP contribution in [0, 0.1) is 6.92 Å². The third-order valence-electron chi connectivity index (χ3n) is 2.72. The molecular formula is C14H12BrClN2O2. The molecule has 2 aromatic rings. The predicted molar refractivity (Wildman–Crippen MR) is 82.6 cm³/mol. The number of halogens is 2. The fourth-order valence-electron chi connectivity index (χ4n) is 1.67. The van der Waals surface area contributed by atoms with E-state index in [0.29, 0.717) is 26.6 Å². The molecule has 2 rings (SSSR count). The lowest BCUT2D eigenvalue weighted by atomic mass is 10.2. The van der Waals surface area contributed by atoms with Crippen LogP contribution in [0.1, 0.15) is 15.9 Å². The van der Waals surface area contributed by atoms with Crippen molar-refractivity contribution in [3.63, 3.8) is 0 Å². The van der Waals surface area contributed by atoms with Crippen molar-refractivity contribution in [2.75, 3.05) is 12.4 Å². The second kappa shape index (κ2) is 6.24. The number of carbonyl (C=O) groups excluding carboxylic acids is 1. The monoisotopic (exact) mass is 354 g/mol. The van der Waals surface area contributed by atoms with Gasteiger partial charge >= 0.3 is 0 Å². The number of hydrogen-bond donors (Lipinski definition) is 1. The minimum Gasteiger partial charge on any atom is -0.495 e. The van der Waals surface area contributed by atoms with Crippen LogP contribution in [-0.4, -0.2) is 18.0 Å². The molecule has 0 aliphatic rings. The molecule has 0 bridgehead atoms. The van der Waals surface area contributed by atoms with Crippen LogP contribution < -0.4 is 10.1 Å². The number of anilines is 1. The van der Waals surface area contributed by atoms with Crippen molar-refractivity contribution in [2.45, 2.75) is 6.92 Å². The normalized spacial score (nSPS) is 10.2. The Labute approximate surface area is 130 Å². The van der Waals surface area contributed by atoms with Gasteiger partial charge in [0.2, 0.25) is 0 Å². The third kappa shape index (κ3) is 3.29. The Hall–Kier alpha value is -1.59. The van der Waals surface area contributed by atoms with E-state index in [1.165, 1.54) is 7.11 Å². The van der Waals surface area contributed by atoms with Crippen LogP contribution in [0.2, 0.25) is 5.02 Å². The zero-order valence-corrected chi connectivity index (χ0v) is 13.2. The van der Waals surface area contributed by atoms with Gasteiger partial charge in [0, 0.05) is 22.8 Å². The molecule has 4 nitrogen and oxygen atoms in total. The van der Waals surface area contributed by atoms with E-state index >= 15 is 0 Å². The number of carbonyl (C=O) groups is 1. The van der Waals surface area contributed by atoms with Gasteiger partial charge in [0.05, 0.1) is 12.8 Å². The fourth-order valence-corrected chi connectivity index (χ4v) is 2.19. The lowest BCUT2D eigenvalue weighted by Crippen LogP contribution is -2.13. The second-order valence-electron chi connectivity index (χ2n) is 4.12. The van der Waals surface area contributed by atoms with Gasteiger partial charge in [0.15, 0.2) is 0 Å². The van der Waals surface area contributed by atoms with E-state index in [1.807, 2.05) is 6.92 Å². The molecule has 0 saturated carbocycles. The van der Waals surface area contributed by atoms with Crippen molar-refractivity contribution < 1.29 is 9.53 Å². The molecule has 0 saturated heterocycles. The molecule has 1 aromatic heterocycles. The number of rotatable bonds is 3. The van der Waals surface area contributed by atoms with Crippen molar-refractivity contribution in [1.82, 2.24) is 4.98 Å². The van der Waals surface area contributed by atoms with Crippen molar-refractivity contribution in [3.8, 4) is 5.75 Å². The maximum absolute atomic E-state index is 12.2. The Kier molecular flexibility index (Phi) is 4.62. The number of amides is 1. The molecule has 0 aliphatic heterocycles. The summed E-state index contributed by atoms with van der Waals surface area (Å²) in [5.74, 6) is 0.273. The molecule has 1 heterocycles. The third-order valence-corrected chi connectivity index (χ3v) is 3.56. The van der Waals surface area contributed by atoms with E-state index in [1.54, 1.807) is 30.5 Å². The van der Waals surface area contributed by atoms with Crippen LogP contribution in [0.4, 0.5) is 5.69 Å². The van der Waals surface area contributed by atoms with Crippen molar-refractivity contribution in [3.05, 3.63) is 51.2 Å². The van der Waals surface area contributed by atoms with Gasteiger partial charge in [0.1, 0.15) is 10.4 Å². The molecule has 0 atom stereocenters. The molecule has 0 unspecified atom stereocenters. The maximum Gasteiger partial charge on any atom is 0.255 e. The molecular weight excluding hydrogens is 344 g/mol. The first-order valence-electron chi connectivity index (χ1n) is 5.78. The predicted octanol–water partition coefficient (Wildman–Crippen LogP) is 4.07. The minimum atomic E-state index is -0.242. The maximum atomic E-state index is 12.2. The Balaban J connectivity index is 2.30. The van der Waals surface area contributed by atoms with E-state index in [-0.39, 0.29) is 5.91 Å². The standard InChI is InChI=1S/C14H12BrClN2O2/c1-8-5-11(12(20-2)7-10(8)16)18-14(19)9-3-4-17-13(15)6-9/h3-7H,1-2H3,(H,18,19). The van der Waals surface area contributed by atoms with Crippen LogP contribution in [0.25, 0.3) is 0 Å². The van der Waals surface area contributed by atoms with Gasteiger partial charge in [-0.2, -0.15) is 0 Å². The Morgan fingerprint density at radius 2 is 2.15 bits per heavy atom. The van der Waals surface area contributed by atoms with Crippen LogP contribution in [0.15, 0.2) is 35.1 Å². The van der Waals surface area contributed by atoms with Crippen LogP contribution in [0.5, 0.6) is 5.75 Å². The number of ether oxygens (including phenoxy) is 1. The smallest absolute Gasteiger partial charge is 0.255 e. The van der Waals surface area contributed by atoms with Gasteiger partial charge < -0.3 is 10.1 Å². The summed E-state index contributed by atoms with van der Waals surface area (Å²) in [4.78, 5) is 16.2. The Morgan fingerprint density at radius 1 is 1.40 bits per heavy atom. The van der Waals surface area contributed by atoms with Gasteiger partial charge in [-0.25, -0.2) is 4.98 Å². The number of nitrogens with one attached hydrogen (secondary N) is 1. The summed E-state index contributed by atoms with van der Waals surface area (Å²) in [6.07, 6.45) is 1.56. The van der Waals surface area contributed by atoms with Crippen molar-refractivity contribution in [1.29, 1.82) is 0 Å². The molecule has 104 valence electrons. The van der Waals surface area contributed by atoms with Gasteiger partial charge in [0.25, 0.3) is 5.91 Å². The van der Waals surface area contributed by atoms with Gasteiger partial charge in [-0.15, -0.1) is 0 Å². The number of aromatic nitrogens is 1. The summed E-state index contributed by atoms with van der Waals surface area (Å²) in [7, 11) is 1.53. The number of hydrogen-bond acceptors (Lipinski definition) is 3. The number of nitrogens with zero attached hydrogens (tertiary/aromatic N) is 1. The van der Waals surface area contributed by atoms with Crippen molar-refractivity contribution in [2.24, 2.45) is 0 Å². The molecule has 1 aromatic carbocycles. The Bertz CT molecular complexity index is 662. The van der Waals surface area contributed by atoms with Gasteiger partial charge in [-0.05, 0) is 46.6 Å². The van der Waals surface area contributed by atoms with Crippen LogP contribution >= 0.6 is 27.5 Å². The van der Waals surface area contributed by atoms with E-state index in [4.69, 9.17) is 16.3 Å². The topological polar surface area (TPSA) is 51.2 Å². The Morgan fingerprint density at radius 3 is 2.80 bits per heavy atom. The molecule has 1 amide bonds. The van der Waals surface area contributed by atoms with E-state index < -0.39 is 0 Å². The molecule has 1 N–H and O–H groups in total. The lowest BCUT2D eigenvalue weighted by Gasteiger charge is -2.12. The first kappa shape index (κ1) is 14.8. The largest absolute Gasteiger partial charge is 0.495 e. The summed E-state index contributed by atoms with van der Waals surface area (Å²) in [6.45, 7) is 1.86. The average molecular weight is 356 g/mol. The molecule has 0 aliphatic carbocycles. The first-order chi connectivity index (χ1) is 9.51. The number of aryl methyl sites for hydroxylation is 1. The summed E-state index contributed by atoms with van der Waals surface area (Å²) >= 11 is 9.26. The number of benzene rings is 1. The number of methoxy groups -OCH3 is 1. The highest BCUT2D eigenvalue weighted by molar-refractivity contribution is 9.10. The number of pyridine rings is 1. The summed E-state index contributed by atoms with van der Waals surface area (Å²) in [6, 6.07) is 6.73. The van der Waals surface area contributed by atoms with Crippen molar-refractivity contribution >= 4 is 39.1 Å². The highest BCUT2D eigenvalue weighted by Crippen LogP contribution is 2.31. The quantitative estimate of drug-likeness (QED) is 0.845. The van der Waals surface area contributed by atoms with E-state index in [2.05, 4.69) is 26.2 Å². The van der Waals surface area contributed by atoms with E-state index in [0.717, 1.165) is 5.56 Å². The molecule has 6 heteroatoms. The first-order valence-corrected chi connectivity index (χ1v) is 6.95. The van der Waals surface area contributed by atoms with Crippen LogP contribution in [0.3, 0.4) is 0 Å². The molecule has 20 heavy (non-hydrogen) atoms. The van der Waals surface area contributed by atoms with Gasteiger partial charge in [-0.3, -0.25) is 4.79 Å². The highest BCUT2D eigenvalue weighted by Gasteiger charge is 2.12. The average Bonchev–Trinajstić information content (AvgIpc) is 2.42. The molecule has 0 spiro atoms. The lowest BCUT2D eigenvalue weighted by molar-refractivity contribution is 0.102. The van der Waals surface area contributed by atoms with Gasteiger partial charge in [-0.1, -0.05) is 11.6 Å². The second-order valence-corrected chi connectivity index (χ2v) is 5.34. The minimum absolute atomic E-state index is 0.242. The zero-order chi connectivity index (χ0) is 14.7. The summed E-state index contributed by atoms with van der Waals surface area (Å²) in [5.41, 5.74) is 1.94. The summed E-state index contributed by atoms with van der Waals surface area (Å²) in [5, 5.41) is 3.39. The summed E-state index contributed by atoms with van der Waals surface area (Å²) < 4.78 is 5.82. The SMILES string of the molecule is COc1cc(Cl)c(C)cc1NC(=O)c1ccnc(Br)c1. The van der Waals surface area contributed by atoms with E-state index in [9.17, 15) is 4.79 Å². The molecule has 0 radical (unpaired) electrons. The van der Waals surface area contributed by atoms with Crippen LogP contribution in [-0.2, 0) is 0 Å². The highest BCUT2D eigenvalue weighted by atomic mass is 79.9. The zero-order valence-electron chi connectivity index (χ0n) is 10.9.